The first-order valence-electron chi connectivity index (χ1n) is 6.41. The van der Waals surface area contributed by atoms with Crippen molar-refractivity contribution in [1.29, 1.82) is 0 Å². The molecule has 0 fully saturated rings. The largest absolute Gasteiger partial charge is 0.330 e. The van der Waals surface area contributed by atoms with Gasteiger partial charge in [-0.1, -0.05) is 30.9 Å². The fourth-order valence-corrected chi connectivity index (χ4v) is 2.19. The van der Waals surface area contributed by atoms with E-state index in [2.05, 4.69) is 17.9 Å². The van der Waals surface area contributed by atoms with Crippen LogP contribution >= 0.6 is 0 Å². The van der Waals surface area contributed by atoms with Gasteiger partial charge in [-0.3, -0.25) is 4.90 Å². The normalized spacial score (nSPS) is 17.9. The average Bonchev–Trinajstić information content (AvgIpc) is 2.23. The Bertz CT molecular complexity index is 187. The van der Waals surface area contributed by atoms with Crippen LogP contribution in [0.4, 0.5) is 0 Å². The van der Waals surface area contributed by atoms with Crippen LogP contribution in [0.3, 0.4) is 0 Å². The van der Waals surface area contributed by atoms with E-state index in [0.29, 0.717) is 0 Å². The van der Waals surface area contributed by atoms with Crippen molar-refractivity contribution in [3.05, 3.63) is 11.6 Å². The fraction of sp³-hybridized carbons (Fsp3) is 0.846. The van der Waals surface area contributed by atoms with Crippen LogP contribution in [0.25, 0.3) is 0 Å². The van der Waals surface area contributed by atoms with Crippen molar-refractivity contribution in [3.8, 4) is 0 Å². The maximum Gasteiger partial charge on any atom is 0.0190 e. The van der Waals surface area contributed by atoms with E-state index in [4.69, 9.17) is 5.73 Å². The molecule has 88 valence electrons. The van der Waals surface area contributed by atoms with Crippen molar-refractivity contribution in [3.63, 3.8) is 0 Å². The number of rotatable bonds is 7. The molecular formula is C13H26N2. The van der Waals surface area contributed by atoms with Gasteiger partial charge in [-0.05, 0) is 39.3 Å². The van der Waals surface area contributed by atoms with Gasteiger partial charge in [0.15, 0.2) is 0 Å². The van der Waals surface area contributed by atoms with Gasteiger partial charge in [0, 0.05) is 13.1 Å². The first kappa shape index (κ1) is 12.7. The minimum absolute atomic E-state index is 0.857. The van der Waals surface area contributed by atoms with Crippen LogP contribution in [0, 0.1) is 0 Å². The molecule has 2 N–H and O–H groups in total. The molecule has 0 atom stereocenters. The van der Waals surface area contributed by atoms with Crippen molar-refractivity contribution >= 4 is 0 Å². The molecule has 0 unspecified atom stereocenters. The summed E-state index contributed by atoms with van der Waals surface area (Å²) in [6.07, 6.45) is 10.2. The van der Waals surface area contributed by atoms with Crippen molar-refractivity contribution in [1.82, 2.24) is 4.90 Å². The summed E-state index contributed by atoms with van der Waals surface area (Å²) in [5.41, 5.74) is 7.01. The van der Waals surface area contributed by atoms with Gasteiger partial charge >= 0.3 is 0 Å². The van der Waals surface area contributed by atoms with E-state index >= 15 is 0 Å². The molecule has 1 aliphatic heterocycles. The maximum atomic E-state index is 5.46. The lowest BCUT2D eigenvalue weighted by Gasteiger charge is -2.25. The predicted octanol–water partition coefficient (Wildman–Crippen LogP) is 2.55. The van der Waals surface area contributed by atoms with Crippen LogP contribution in [0.5, 0.6) is 0 Å². The molecule has 0 aromatic carbocycles. The van der Waals surface area contributed by atoms with Crippen LogP contribution in [-0.2, 0) is 0 Å². The molecule has 15 heavy (non-hydrogen) atoms. The Morgan fingerprint density at radius 3 is 2.67 bits per heavy atom. The first-order chi connectivity index (χ1) is 7.33. The molecule has 0 saturated heterocycles. The average molecular weight is 210 g/mol. The van der Waals surface area contributed by atoms with Crippen LogP contribution in [0.1, 0.15) is 45.4 Å². The summed E-state index contributed by atoms with van der Waals surface area (Å²) in [4.78, 5) is 2.58. The first-order valence-corrected chi connectivity index (χ1v) is 6.41. The molecule has 0 spiro atoms. The van der Waals surface area contributed by atoms with E-state index in [0.717, 1.165) is 6.54 Å². The van der Waals surface area contributed by atoms with E-state index in [-0.39, 0.29) is 0 Å². The number of hydrogen-bond donors (Lipinski definition) is 1. The summed E-state index contributed by atoms with van der Waals surface area (Å²) in [5.74, 6) is 0. The SMILES string of the molecule is CC1=CCCN(CCCCCCCN)C1. The van der Waals surface area contributed by atoms with Crippen molar-refractivity contribution < 1.29 is 0 Å². The highest BCUT2D eigenvalue weighted by Gasteiger charge is 2.08. The van der Waals surface area contributed by atoms with Gasteiger partial charge in [0.1, 0.15) is 0 Å². The second kappa shape index (κ2) is 7.89. The number of nitrogens with zero attached hydrogens (tertiary/aromatic N) is 1. The van der Waals surface area contributed by atoms with Crippen LogP contribution in [-0.4, -0.2) is 31.1 Å². The Hall–Kier alpha value is -0.340. The number of hydrogen-bond acceptors (Lipinski definition) is 2. The molecule has 1 rings (SSSR count). The molecule has 0 aromatic heterocycles. The zero-order chi connectivity index (χ0) is 10.9. The third kappa shape index (κ3) is 5.95. The van der Waals surface area contributed by atoms with Gasteiger partial charge in [0.05, 0.1) is 0 Å². The van der Waals surface area contributed by atoms with Gasteiger partial charge in [-0.2, -0.15) is 0 Å². The monoisotopic (exact) mass is 210 g/mol. The lowest BCUT2D eigenvalue weighted by molar-refractivity contribution is 0.282. The summed E-state index contributed by atoms with van der Waals surface area (Å²) in [6, 6.07) is 0. The van der Waals surface area contributed by atoms with Gasteiger partial charge in [-0.25, -0.2) is 0 Å². The molecule has 0 bridgehead atoms. The van der Waals surface area contributed by atoms with Crippen LogP contribution in [0.2, 0.25) is 0 Å². The van der Waals surface area contributed by atoms with Crippen LogP contribution in [0.15, 0.2) is 11.6 Å². The molecule has 2 heteroatoms. The molecule has 0 aliphatic carbocycles. The van der Waals surface area contributed by atoms with Crippen molar-refractivity contribution in [2.75, 3.05) is 26.2 Å². The van der Waals surface area contributed by atoms with Crippen molar-refractivity contribution in [2.24, 2.45) is 5.73 Å². The summed E-state index contributed by atoms with van der Waals surface area (Å²) in [6.45, 7) is 6.85. The molecule has 1 heterocycles. The zero-order valence-electron chi connectivity index (χ0n) is 10.2. The zero-order valence-corrected chi connectivity index (χ0v) is 10.2. The predicted molar refractivity (Wildman–Crippen MR) is 67.0 cm³/mol. The Kier molecular flexibility index (Phi) is 6.69. The van der Waals surface area contributed by atoms with E-state index in [1.165, 1.54) is 58.2 Å². The topological polar surface area (TPSA) is 29.3 Å². The van der Waals surface area contributed by atoms with E-state index in [1.807, 2.05) is 0 Å². The summed E-state index contributed by atoms with van der Waals surface area (Å²) < 4.78 is 0. The lowest BCUT2D eigenvalue weighted by atomic mass is 10.1. The van der Waals surface area contributed by atoms with Crippen LogP contribution < -0.4 is 5.73 Å². The fourth-order valence-electron chi connectivity index (χ4n) is 2.19. The second-order valence-corrected chi connectivity index (χ2v) is 4.67. The van der Waals surface area contributed by atoms with Gasteiger partial charge < -0.3 is 5.73 Å². The highest BCUT2D eigenvalue weighted by molar-refractivity contribution is 5.04. The van der Waals surface area contributed by atoms with Crippen molar-refractivity contribution in [2.45, 2.75) is 45.4 Å². The molecule has 0 radical (unpaired) electrons. The highest BCUT2D eigenvalue weighted by Crippen LogP contribution is 2.10. The molecule has 1 aliphatic rings. The molecule has 0 amide bonds. The smallest absolute Gasteiger partial charge is 0.0190 e. The molecule has 0 aromatic rings. The number of nitrogens with two attached hydrogens (primary N) is 1. The molecular weight excluding hydrogens is 184 g/mol. The van der Waals surface area contributed by atoms with E-state index < -0.39 is 0 Å². The Morgan fingerprint density at radius 1 is 1.20 bits per heavy atom. The van der Waals surface area contributed by atoms with Gasteiger partial charge in [-0.15, -0.1) is 0 Å². The molecule has 2 nitrogen and oxygen atoms in total. The van der Waals surface area contributed by atoms with Gasteiger partial charge in [0.2, 0.25) is 0 Å². The quantitative estimate of drug-likeness (QED) is 0.517. The maximum absolute atomic E-state index is 5.46. The summed E-state index contributed by atoms with van der Waals surface area (Å²) in [5, 5.41) is 0. The minimum Gasteiger partial charge on any atom is -0.330 e. The highest BCUT2D eigenvalue weighted by atomic mass is 15.1. The Labute approximate surface area is 94.5 Å². The minimum atomic E-state index is 0.857. The lowest BCUT2D eigenvalue weighted by Crippen LogP contribution is -2.30. The third-order valence-corrected chi connectivity index (χ3v) is 3.09. The standard InChI is InChI=1S/C13H26N2/c1-13-8-7-11-15(12-13)10-6-4-2-3-5-9-14/h8H,2-7,9-12,14H2,1H3. The Balaban J connectivity index is 1.94. The Morgan fingerprint density at radius 2 is 1.93 bits per heavy atom. The second-order valence-electron chi connectivity index (χ2n) is 4.67. The number of unbranched alkanes of at least 4 members (excludes halogenated alkanes) is 4. The molecule has 0 saturated carbocycles. The van der Waals surface area contributed by atoms with E-state index in [9.17, 15) is 0 Å². The summed E-state index contributed by atoms with van der Waals surface area (Å²) in [7, 11) is 0. The summed E-state index contributed by atoms with van der Waals surface area (Å²) >= 11 is 0. The van der Waals surface area contributed by atoms with E-state index in [1.54, 1.807) is 5.57 Å². The third-order valence-electron chi connectivity index (χ3n) is 3.09. The van der Waals surface area contributed by atoms with Gasteiger partial charge in [0.25, 0.3) is 0 Å².